The Balaban J connectivity index is 2.44. The van der Waals surface area contributed by atoms with Crippen LogP contribution in [0.3, 0.4) is 0 Å². The van der Waals surface area contributed by atoms with Crippen molar-refractivity contribution in [2.75, 3.05) is 0 Å². The summed E-state index contributed by atoms with van der Waals surface area (Å²) in [6.45, 7) is 1.78. The SMILES string of the molecule is Cc1cnc(C(N)c2cnccc2C(F)(F)F)nc1. The number of hydrogen-bond acceptors (Lipinski definition) is 4. The third-order valence-electron chi connectivity index (χ3n) is 2.57. The molecule has 0 saturated heterocycles. The van der Waals surface area contributed by atoms with Crippen LogP contribution in [0.4, 0.5) is 13.2 Å². The van der Waals surface area contributed by atoms with Gasteiger partial charge in [0.25, 0.3) is 0 Å². The van der Waals surface area contributed by atoms with Crippen molar-refractivity contribution in [1.29, 1.82) is 0 Å². The first-order chi connectivity index (χ1) is 8.89. The maximum Gasteiger partial charge on any atom is 0.416 e. The maximum atomic E-state index is 12.9. The number of pyridine rings is 1. The van der Waals surface area contributed by atoms with E-state index in [1.54, 1.807) is 6.92 Å². The van der Waals surface area contributed by atoms with Crippen LogP contribution in [0.15, 0.2) is 30.9 Å². The van der Waals surface area contributed by atoms with Crippen LogP contribution >= 0.6 is 0 Å². The van der Waals surface area contributed by atoms with E-state index in [0.717, 1.165) is 24.0 Å². The Bertz CT molecular complexity index is 566. The Kier molecular flexibility index (Phi) is 3.48. The summed E-state index contributed by atoms with van der Waals surface area (Å²) in [7, 11) is 0. The van der Waals surface area contributed by atoms with E-state index in [2.05, 4.69) is 15.0 Å². The molecule has 0 aliphatic rings. The van der Waals surface area contributed by atoms with Gasteiger partial charge in [-0.1, -0.05) is 0 Å². The fourth-order valence-corrected chi connectivity index (χ4v) is 1.61. The molecule has 0 fully saturated rings. The number of rotatable bonds is 2. The average Bonchev–Trinajstić information content (AvgIpc) is 2.38. The van der Waals surface area contributed by atoms with Gasteiger partial charge in [0.1, 0.15) is 5.82 Å². The minimum Gasteiger partial charge on any atom is -0.318 e. The maximum absolute atomic E-state index is 12.9. The molecule has 2 heterocycles. The summed E-state index contributed by atoms with van der Waals surface area (Å²) in [5.74, 6) is 0.129. The van der Waals surface area contributed by atoms with Crippen LogP contribution in [-0.2, 0) is 6.18 Å². The van der Waals surface area contributed by atoms with Crippen molar-refractivity contribution in [1.82, 2.24) is 15.0 Å². The van der Waals surface area contributed by atoms with Gasteiger partial charge in [-0.15, -0.1) is 0 Å². The van der Waals surface area contributed by atoms with Crippen molar-refractivity contribution >= 4 is 0 Å². The minimum absolute atomic E-state index is 0.129. The first kappa shape index (κ1) is 13.4. The van der Waals surface area contributed by atoms with Crippen molar-refractivity contribution in [2.45, 2.75) is 19.1 Å². The topological polar surface area (TPSA) is 64.7 Å². The van der Waals surface area contributed by atoms with Crippen LogP contribution in [0, 0.1) is 6.92 Å². The van der Waals surface area contributed by atoms with Crippen molar-refractivity contribution in [3.63, 3.8) is 0 Å². The van der Waals surface area contributed by atoms with Gasteiger partial charge in [0.2, 0.25) is 0 Å². The second-order valence-corrected chi connectivity index (χ2v) is 4.06. The molecule has 19 heavy (non-hydrogen) atoms. The standard InChI is InChI=1S/C12H11F3N4/c1-7-4-18-11(19-5-7)10(16)8-6-17-3-2-9(8)12(13,14)15/h2-6,10H,16H2,1H3. The van der Waals surface area contributed by atoms with Crippen LogP contribution in [0.25, 0.3) is 0 Å². The van der Waals surface area contributed by atoms with Crippen molar-refractivity contribution in [3.05, 3.63) is 53.4 Å². The third-order valence-corrected chi connectivity index (χ3v) is 2.57. The van der Waals surface area contributed by atoms with E-state index in [1.807, 2.05) is 0 Å². The van der Waals surface area contributed by atoms with E-state index >= 15 is 0 Å². The molecule has 100 valence electrons. The van der Waals surface area contributed by atoms with Crippen molar-refractivity contribution < 1.29 is 13.2 Å². The van der Waals surface area contributed by atoms with E-state index in [0.29, 0.717) is 0 Å². The molecule has 1 atom stereocenters. The molecule has 0 aromatic carbocycles. The van der Waals surface area contributed by atoms with E-state index < -0.39 is 17.8 Å². The number of aromatic nitrogens is 3. The number of nitrogens with two attached hydrogens (primary N) is 1. The molecule has 0 aliphatic carbocycles. The second kappa shape index (κ2) is 4.93. The van der Waals surface area contributed by atoms with Gasteiger partial charge in [-0.2, -0.15) is 13.2 Å². The summed E-state index contributed by atoms with van der Waals surface area (Å²) in [6, 6.07) is -0.172. The predicted molar refractivity (Wildman–Crippen MR) is 62.0 cm³/mol. The van der Waals surface area contributed by atoms with E-state index in [4.69, 9.17) is 5.73 Å². The summed E-state index contributed by atoms with van der Waals surface area (Å²) in [6.07, 6.45) is 0.698. The van der Waals surface area contributed by atoms with Gasteiger partial charge in [-0.3, -0.25) is 4.98 Å². The Morgan fingerprint density at radius 1 is 1.16 bits per heavy atom. The number of halogens is 3. The summed E-state index contributed by atoms with van der Waals surface area (Å²) in [5.41, 5.74) is 5.64. The minimum atomic E-state index is -4.49. The lowest BCUT2D eigenvalue weighted by Gasteiger charge is -2.16. The highest BCUT2D eigenvalue weighted by Gasteiger charge is 2.35. The average molecular weight is 268 g/mol. The molecule has 0 radical (unpaired) electrons. The highest BCUT2D eigenvalue weighted by molar-refractivity contribution is 5.32. The molecule has 0 saturated carbocycles. The molecule has 2 N–H and O–H groups in total. The lowest BCUT2D eigenvalue weighted by Crippen LogP contribution is -2.20. The number of alkyl halides is 3. The van der Waals surface area contributed by atoms with Gasteiger partial charge in [-0.05, 0) is 18.6 Å². The Morgan fingerprint density at radius 2 is 1.79 bits per heavy atom. The Hall–Kier alpha value is -2.02. The van der Waals surface area contributed by atoms with E-state index in [-0.39, 0.29) is 11.4 Å². The fourth-order valence-electron chi connectivity index (χ4n) is 1.61. The summed E-state index contributed by atoms with van der Waals surface area (Å²) < 4.78 is 38.6. The highest BCUT2D eigenvalue weighted by atomic mass is 19.4. The molecule has 0 spiro atoms. The molecule has 0 aliphatic heterocycles. The Labute approximate surface area is 107 Å². The molecule has 7 heteroatoms. The van der Waals surface area contributed by atoms with Crippen LogP contribution < -0.4 is 5.73 Å². The molecule has 0 amide bonds. The Morgan fingerprint density at radius 3 is 2.37 bits per heavy atom. The molecular weight excluding hydrogens is 257 g/mol. The second-order valence-electron chi connectivity index (χ2n) is 4.06. The van der Waals surface area contributed by atoms with Crippen LogP contribution in [-0.4, -0.2) is 15.0 Å². The van der Waals surface area contributed by atoms with E-state index in [9.17, 15) is 13.2 Å². The van der Waals surface area contributed by atoms with Crippen LogP contribution in [0.5, 0.6) is 0 Å². The molecule has 2 aromatic heterocycles. The number of hydrogen-bond donors (Lipinski definition) is 1. The number of aryl methyl sites for hydroxylation is 1. The van der Waals surface area contributed by atoms with Gasteiger partial charge in [0.05, 0.1) is 11.6 Å². The summed E-state index contributed by atoms with van der Waals surface area (Å²) >= 11 is 0. The lowest BCUT2D eigenvalue weighted by molar-refractivity contribution is -0.138. The quantitative estimate of drug-likeness (QED) is 0.907. The van der Waals surface area contributed by atoms with Crippen LogP contribution in [0.2, 0.25) is 0 Å². The molecule has 1 unspecified atom stereocenters. The fraction of sp³-hybridized carbons (Fsp3) is 0.250. The zero-order valence-corrected chi connectivity index (χ0v) is 10.0. The monoisotopic (exact) mass is 268 g/mol. The zero-order valence-electron chi connectivity index (χ0n) is 10.0. The summed E-state index contributed by atoms with van der Waals surface area (Å²) in [4.78, 5) is 11.6. The zero-order chi connectivity index (χ0) is 14.0. The molecule has 0 bridgehead atoms. The summed E-state index contributed by atoms with van der Waals surface area (Å²) in [5, 5.41) is 0. The van der Waals surface area contributed by atoms with E-state index in [1.165, 1.54) is 12.4 Å². The predicted octanol–water partition coefficient (Wildman–Crippen LogP) is 2.25. The lowest BCUT2D eigenvalue weighted by atomic mass is 10.0. The first-order valence-electron chi connectivity index (χ1n) is 5.45. The van der Waals surface area contributed by atoms with Crippen LogP contribution in [0.1, 0.15) is 28.6 Å². The molecule has 2 rings (SSSR count). The smallest absolute Gasteiger partial charge is 0.318 e. The molecule has 2 aromatic rings. The van der Waals surface area contributed by atoms with Crippen molar-refractivity contribution in [3.8, 4) is 0 Å². The highest BCUT2D eigenvalue weighted by Crippen LogP contribution is 2.34. The largest absolute Gasteiger partial charge is 0.416 e. The van der Waals surface area contributed by atoms with Gasteiger partial charge < -0.3 is 5.73 Å². The van der Waals surface area contributed by atoms with Gasteiger partial charge in [-0.25, -0.2) is 9.97 Å². The van der Waals surface area contributed by atoms with Gasteiger partial charge >= 0.3 is 6.18 Å². The van der Waals surface area contributed by atoms with Gasteiger partial charge in [0.15, 0.2) is 0 Å². The first-order valence-corrected chi connectivity index (χ1v) is 5.45. The number of nitrogens with zero attached hydrogens (tertiary/aromatic N) is 3. The van der Waals surface area contributed by atoms with Gasteiger partial charge in [0, 0.05) is 30.4 Å². The molecule has 4 nitrogen and oxygen atoms in total. The normalized spacial score (nSPS) is 13.3. The van der Waals surface area contributed by atoms with Crippen molar-refractivity contribution in [2.24, 2.45) is 5.73 Å². The third kappa shape index (κ3) is 2.87. The molecular formula is C12H11F3N4.